The summed E-state index contributed by atoms with van der Waals surface area (Å²) in [6.07, 6.45) is 4.39. The Bertz CT molecular complexity index is 711. The smallest absolute Gasteiger partial charge is 0.306 e. The Hall–Kier alpha value is -1.20. The molecule has 0 amide bonds. The zero-order valence-corrected chi connectivity index (χ0v) is 15.1. The fourth-order valence-corrected chi connectivity index (χ4v) is 4.50. The van der Waals surface area contributed by atoms with Gasteiger partial charge >= 0.3 is 5.97 Å². The normalized spacial score (nSPS) is 16.6. The van der Waals surface area contributed by atoms with E-state index in [1.54, 1.807) is 11.3 Å². The molecule has 1 aliphatic rings. The summed E-state index contributed by atoms with van der Waals surface area (Å²) in [5.41, 5.74) is 5.19. The molecule has 1 aromatic heterocycles. The van der Waals surface area contributed by atoms with E-state index in [0.717, 1.165) is 21.6 Å². The van der Waals surface area contributed by atoms with Crippen molar-refractivity contribution in [2.75, 3.05) is 6.61 Å². The molecule has 116 valence electrons. The van der Waals surface area contributed by atoms with Crippen molar-refractivity contribution in [2.45, 2.75) is 39.0 Å². The van der Waals surface area contributed by atoms with Crippen LogP contribution in [0.25, 0.3) is 10.6 Å². The van der Waals surface area contributed by atoms with E-state index in [4.69, 9.17) is 4.74 Å². The third-order valence-corrected chi connectivity index (χ3v) is 5.75. The SMILES string of the molecule is CCOC(=O)C[C@H]1CCc2c1ccc(-c1ncc(Br)s1)c2C. The molecule has 1 aliphatic carbocycles. The Morgan fingerprint density at radius 3 is 3.00 bits per heavy atom. The van der Waals surface area contributed by atoms with Gasteiger partial charge in [0.05, 0.1) is 23.0 Å². The Morgan fingerprint density at radius 1 is 1.50 bits per heavy atom. The van der Waals surface area contributed by atoms with Crippen LogP contribution in [-0.4, -0.2) is 17.6 Å². The summed E-state index contributed by atoms with van der Waals surface area (Å²) in [6.45, 7) is 4.47. The Labute approximate surface area is 142 Å². The van der Waals surface area contributed by atoms with Gasteiger partial charge in [0.25, 0.3) is 0 Å². The van der Waals surface area contributed by atoms with Crippen LogP contribution in [-0.2, 0) is 16.0 Å². The van der Waals surface area contributed by atoms with Crippen molar-refractivity contribution in [2.24, 2.45) is 0 Å². The monoisotopic (exact) mass is 379 g/mol. The molecule has 0 aliphatic heterocycles. The highest BCUT2D eigenvalue weighted by Crippen LogP contribution is 2.41. The van der Waals surface area contributed by atoms with Crippen LogP contribution in [0.4, 0.5) is 0 Å². The number of carbonyl (C=O) groups excluding carboxylic acids is 1. The highest BCUT2D eigenvalue weighted by molar-refractivity contribution is 9.11. The number of benzene rings is 1. The van der Waals surface area contributed by atoms with Gasteiger partial charge in [0, 0.05) is 5.56 Å². The maximum Gasteiger partial charge on any atom is 0.306 e. The minimum Gasteiger partial charge on any atom is -0.466 e. The number of hydrogen-bond donors (Lipinski definition) is 0. The van der Waals surface area contributed by atoms with Crippen LogP contribution in [0.1, 0.15) is 42.4 Å². The zero-order valence-electron chi connectivity index (χ0n) is 12.7. The molecular weight excluding hydrogens is 362 g/mol. The van der Waals surface area contributed by atoms with E-state index in [0.29, 0.717) is 18.9 Å². The van der Waals surface area contributed by atoms with E-state index in [-0.39, 0.29) is 5.97 Å². The predicted molar refractivity (Wildman–Crippen MR) is 92.3 cm³/mol. The molecule has 0 saturated heterocycles. The molecule has 2 aromatic rings. The molecule has 1 heterocycles. The van der Waals surface area contributed by atoms with E-state index in [2.05, 4.69) is 40.0 Å². The van der Waals surface area contributed by atoms with Gasteiger partial charge in [0.2, 0.25) is 0 Å². The van der Waals surface area contributed by atoms with Gasteiger partial charge < -0.3 is 4.74 Å². The highest BCUT2D eigenvalue weighted by Gasteiger charge is 2.27. The summed E-state index contributed by atoms with van der Waals surface area (Å²) >= 11 is 5.12. The van der Waals surface area contributed by atoms with E-state index in [1.807, 2.05) is 13.1 Å². The summed E-state index contributed by atoms with van der Waals surface area (Å²) in [5, 5.41) is 1.04. The molecule has 0 fully saturated rings. The summed E-state index contributed by atoms with van der Waals surface area (Å²) in [7, 11) is 0. The van der Waals surface area contributed by atoms with Gasteiger partial charge in [-0.1, -0.05) is 12.1 Å². The number of aromatic nitrogens is 1. The Morgan fingerprint density at radius 2 is 2.32 bits per heavy atom. The second-order valence-electron chi connectivity index (χ2n) is 5.52. The average Bonchev–Trinajstić information content (AvgIpc) is 3.07. The van der Waals surface area contributed by atoms with Crippen LogP contribution >= 0.6 is 27.3 Å². The number of hydrogen-bond acceptors (Lipinski definition) is 4. The standard InChI is InChI=1S/C17H18BrNO2S/c1-3-21-16(20)8-11-4-5-12-10(2)13(6-7-14(11)12)17-19-9-15(18)22-17/h6-7,9,11H,3-5,8H2,1-2H3/t11-/m1/s1. The third-order valence-electron chi connectivity index (χ3n) is 4.24. The molecule has 0 saturated carbocycles. The first-order valence-corrected chi connectivity index (χ1v) is 9.10. The number of ether oxygens (including phenoxy) is 1. The summed E-state index contributed by atoms with van der Waals surface area (Å²) in [4.78, 5) is 16.2. The number of thiazole rings is 1. The molecule has 0 radical (unpaired) electrons. The van der Waals surface area contributed by atoms with Crippen LogP contribution in [0.15, 0.2) is 22.1 Å². The zero-order chi connectivity index (χ0) is 15.7. The fourth-order valence-electron chi connectivity index (χ4n) is 3.21. The van der Waals surface area contributed by atoms with Gasteiger partial charge in [-0.3, -0.25) is 4.79 Å². The van der Waals surface area contributed by atoms with Gasteiger partial charge in [0.1, 0.15) is 5.01 Å². The molecule has 5 heteroatoms. The van der Waals surface area contributed by atoms with Crippen molar-refractivity contribution in [3.8, 4) is 10.6 Å². The van der Waals surface area contributed by atoms with E-state index >= 15 is 0 Å². The van der Waals surface area contributed by atoms with Gasteiger partial charge in [-0.2, -0.15) is 0 Å². The topological polar surface area (TPSA) is 39.2 Å². The predicted octanol–water partition coefficient (Wildman–Crippen LogP) is 4.86. The first-order valence-electron chi connectivity index (χ1n) is 7.49. The number of fused-ring (bicyclic) bond motifs is 1. The lowest BCUT2D eigenvalue weighted by Crippen LogP contribution is -2.08. The van der Waals surface area contributed by atoms with Crippen molar-refractivity contribution in [3.05, 3.63) is 38.8 Å². The van der Waals surface area contributed by atoms with Crippen molar-refractivity contribution in [1.29, 1.82) is 0 Å². The maximum absolute atomic E-state index is 11.7. The second kappa shape index (κ2) is 6.50. The largest absolute Gasteiger partial charge is 0.466 e. The number of halogens is 1. The lowest BCUT2D eigenvalue weighted by Gasteiger charge is -2.13. The fraction of sp³-hybridized carbons (Fsp3) is 0.412. The molecule has 0 bridgehead atoms. The quantitative estimate of drug-likeness (QED) is 0.711. The molecule has 1 aromatic carbocycles. The maximum atomic E-state index is 11.7. The van der Waals surface area contributed by atoms with Crippen LogP contribution in [0.2, 0.25) is 0 Å². The minimum atomic E-state index is -0.0917. The molecule has 3 nitrogen and oxygen atoms in total. The van der Waals surface area contributed by atoms with Crippen molar-refractivity contribution >= 4 is 33.2 Å². The molecule has 0 unspecified atom stereocenters. The first-order chi connectivity index (χ1) is 10.6. The van der Waals surface area contributed by atoms with Crippen LogP contribution in [0, 0.1) is 6.92 Å². The Kier molecular flexibility index (Phi) is 4.64. The van der Waals surface area contributed by atoms with Gasteiger partial charge in [-0.25, -0.2) is 4.98 Å². The van der Waals surface area contributed by atoms with E-state index < -0.39 is 0 Å². The number of carbonyl (C=O) groups is 1. The number of esters is 1. The summed E-state index contributed by atoms with van der Waals surface area (Å²) < 4.78 is 6.14. The number of nitrogens with zero attached hydrogens (tertiary/aromatic N) is 1. The van der Waals surface area contributed by atoms with Crippen LogP contribution in [0.3, 0.4) is 0 Å². The molecule has 1 atom stereocenters. The van der Waals surface area contributed by atoms with Crippen molar-refractivity contribution in [1.82, 2.24) is 4.98 Å². The third kappa shape index (κ3) is 2.97. The number of rotatable bonds is 4. The molecule has 22 heavy (non-hydrogen) atoms. The van der Waals surface area contributed by atoms with Gasteiger partial charge in [0.15, 0.2) is 0 Å². The molecule has 0 N–H and O–H groups in total. The lowest BCUT2D eigenvalue weighted by molar-refractivity contribution is -0.143. The van der Waals surface area contributed by atoms with E-state index in [9.17, 15) is 4.79 Å². The Balaban J connectivity index is 1.89. The van der Waals surface area contributed by atoms with Gasteiger partial charge in [-0.15, -0.1) is 11.3 Å². The van der Waals surface area contributed by atoms with Crippen molar-refractivity contribution in [3.63, 3.8) is 0 Å². The van der Waals surface area contributed by atoms with Crippen molar-refractivity contribution < 1.29 is 9.53 Å². The average molecular weight is 380 g/mol. The van der Waals surface area contributed by atoms with Crippen LogP contribution in [0.5, 0.6) is 0 Å². The first kappa shape index (κ1) is 15.7. The molecular formula is C17H18BrNO2S. The lowest BCUT2D eigenvalue weighted by atomic mass is 9.94. The van der Waals surface area contributed by atoms with Crippen LogP contribution < -0.4 is 0 Å². The van der Waals surface area contributed by atoms with Gasteiger partial charge in [-0.05, 0) is 65.2 Å². The molecule has 3 rings (SSSR count). The summed E-state index contributed by atoms with van der Waals surface area (Å²) in [6, 6.07) is 4.31. The molecule has 0 spiro atoms. The summed E-state index contributed by atoms with van der Waals surface area (Å²) in [5.74, 6) is 0.204. The highest BCUT2D eigenvalue weighted by atomic mass is 79.9. The minimum absolute atomic E-state index is 0.0917. The second-order valence-corrected chi connectivity index (χ2v) is 7.93. The van der Waals surface area contributed by atoms with E-state index in [1.165, 1.54) is 22.3 Å².